The molecule has 2 fully saturated rings. The van der Waals surface area contributed by atoms with E-state index in [1.54, 1.807) is 36.4 Å². The van der Waals surface area contributed by atoms with Gasteiger partial charge in [0, 0.05) is 0 Å². The van der Waals surface area contributed by atoms with Crippen molar-refractivity contribution in [2.75, 3.05) is 0 Å². The van der Waals surface area contributed by atoms with Crippen LogP contribution in [0, 0.1) is 0 Å². The molecule has 0 saturated heterocycles. The van der Waals surface area contributed by atoms with Crippen LogP contribution in [0.3, 0.4) is 0 Å². The van der Waals surface area contributed by atoms with E-state index in [0.29, 0.717) is 45.2 Å². The van der Waals surface area contributed by atoms with Crippen LogP contribution in [-0.2, 0) is 12.4 Å². The van der Waals surface area contributed by atoms with Crippen LogP contribution in [0.2, 0.25) is 0 Å². The molecule has 0 heterocycles. The maximum atomic E-state index is 15.2. The zero-order chi connectivity index (χ0) is 50.8. The summed E-state index contributed by atoms with van der Waals surface area (Å²) in [5.74, 6) is 0.720. The number of alkyl halides is 6. The van der Waals surface area contributed by atoms with E-state index < -0.39 is 23.5 Å². The van der Waals surface area contributed by atoms with Gasteiger partial charge in [-0.25, -0.2) is 0 Å². The molecule has 6 heteroatoms. The van der Waals surface area contributed by atoms with Gasteiger partial charge >= 0.3 is 12.4 Å². The Kier molecular flexibility index (Phi) is 13.7. The first-order chi connectivity index (χ1) is 36.0. The summed E-state index contributed by atoms with van der Waals surface area (Å²) < 4.78 is 90.9. The average molecular weight is 987 g/mol. The van der Waals surface area contributed by atoms with E-state index in [-0.39, 0.29) is 11.1 Å². The van der Waals surface area contributed by atoms with E-state index in [4.69, 9.17) is 0 Å². The summed E-state index contributed by atoms with van der Waals surface area (Å²) in [6.45, 7) is 0. The van der Waals surface area contributed by atoms with E-state index in [1.807, 2.05) is 48.5 Å². The molecule has 9 aromatic rings. The van der Waals surface area contributed by atoms with Crippen molar-refractivity contribution in [2.45, 2.75) is 88.4 Å². The van der Waals surface area contributed by atoms with Gasteiger partial charge in [0.05, 0.1) is 11.1 Å². The second-order valence-electron chi connectivity index (χ2n) is 20.1. The van der Waals surface area contributed by atoms with Gasteiger partial charge in [-0.15, -0.1) is 0 Å². The highest BCUT2D eigenvalue weighted by molar-refractivity contribution is 6.05. The van der Waals surface area contributed by atoms with Crippen molar-refractivity contribution in [1.82, 2.24) is 0 Å². The smallest absolute Gasteiger partial charge is 0.166 e. The van der Waals surface area contributed by atoms with E-state index >= 15 is 26.3 Å². The fourth-order valence-corrected chi connectivity index (χ4v) is 12.3. The van der Waals surface area contributed by atoms with Crippen molar-refractivity contribution in [3.8, 4) is 89.0 Å². The Morgan fingerprint density at radius 1 is 0.230 bits per heavy atom. The van der Waals surface area contributed by atoms with Gasteiger partial charge in [-0.05, 0) is 162 Å². The Labute approximate surface area is 430 Å². The number of hydrogen-bond acceptors (Lipinski definition) is 0. The van der Waals surface area contributed by atoms with Crippen molar-refractivity contribution in [3.63, 3.8) is 0 Å². The lowest BCUT2D eigenvalue weighted by Gasteiger charge is -2.27. The predicted octanol–water partition coefficient (Wildman–Crippen LogP) is 21.2. The van der Waals surface area contributed by atoms with E-state index in [9.17, 15) is 0 Å². The zero-order valence-corrected chi connectivity index (χ0v) is 41.1. The summed E-state index contributed by atoms with van der Waals surface area (Å²) in [6, 6.07) is 63.9. The molecule has 0 aliphatic heterocycles. The third kappa shape index (κ3) is 9.63. The fourth-order valence-electron chi connectivity index (χ4n) is 12.3. The molecule has 2 aliphatic rings. The van der Waals surface area contributed by atoms with Gasteiger partial charge in [0.2, 0.25) is 0 Å². The highest BCUT2D eigenvalue weighted by Crippen LogP contribution is 2.53. The molecule has 0 aromatic heterocycles. The minimum absolute atomic E-state index is 0.0546. The standard InChI is InChI=1S/C68H56F6/c69-67(70,71)65-41-21-19-39-59(65)53-33-13-17-37-57(53)63-44-62(56-36-16-12-32-52(56)50-30-10-8-28-48(50)46-25-5-2-6-26-46)64(58-38-18-14-34-54(58)60-40-20-22-42-66(60)68(72,73)74)43-61(63)55-35-15-11-31-51(55)49-29-9-7-27-47(49)45-23-3-1-4-24-45/h7-22,27-46H,1-6,23-26H2. The van der Waals surface area contributed by atoms with Crippen LogP contribution in [0.25, 0.3) is 89.0 Å². The Morgan fingerprint density at radius 2 is 0.446 bits per heavy atom. The maximum Gasteiger partial charge on any atom is 0.417 e. The molecule has 370 valence electrons. The van der Waals surface area contributed by atoms with Crippen LogP contribution in [0.4, 0.5) is 26.3 Å². The molecule has 0 spiro atoms. The quantitative estimate of drug-likeness (QED) is 0.120. The maximum absolute atomic E-state index is 15.2. The molecule has 0 N–H and O–H groups in total. The molecule has 0 nitrogen and oxygen atoms in total. The van der Waals surface area contributed by atoms with Gasteiger partial charge in [0.1, 0.15) is 0 Å². The molecule has 2 aliphatic carbocycles. The first kappa shape index (κ1) is 48.8. The lowest BCUT2D eigenvalue weighted by atomic mass is 9.77. The third-order valence-electron chi connectivity index (χ3n) is 15.7. The van der Waals surface area contributed by atoms with E-state index in [1.165, 1.54) is 48.2 Å². The summed E-state index contributed by atoms with van der Waals surface area (Å²) in [7, 11) is 0. The van der Waals surface area contributed by atoms with Crippen LogP contribution in [0.15, 0.2) is 206 Å². The first-order valence-corrected chi connectivity index (χ1v) is 26.1. The van der Waals surface area contributed by atoms with E-state index in [0.717, 1.165) is 108 Å². The number of hydrogen-bond donors (Lipinski definition) is 0. The fraction of sp³-hybridized carbons (Fsp3) is 0.206. The summed E-state index contributed by atoms with van der Waals surface area (Å²) in [6.07, 6.45) is 2.03. The third-order valence-corrected chi connectivity index (χ3v) is 15.7. The Bertz CT molecular complexity index is 3220. The van der Waals surface area contributed by atoms with Crippen LogP contribution < -0.4 is 0 Å². The normalized spacial score (nSPS) is 14.8. The Balaban J connectivity index is 1.27. The van der Waals surface area contributed by atoms with Crippen molar-refractivity contribution in [1.29, 1.82) is 0 Å². The minimum atomic E-state index is -4.64. The molecule has 2 saturated carbocycles. The SMILES string of the molecule is FC(F)(F)c1ccccc1-c1ccccc1-c1cc(-c2ccccc2-c2ccccc2C2CCCCC2)c(-c2ccccc2-c2ccccc2C(F)(F)F)cc1-c1ccccc1-c1ccccc1C1CCCCC1. The molecular weight excluding hydrogens is 931 g/mol. The van der Waals surface area contributed by atoms with E-state index in [2.05, 4.69) is 84.9 Å². The Morgan fingerprint density at radius 3 is 0.730 bits per heavy atom. The van der Waals surface area contributed by atoms with Gasteiger partial charge in [-0.1, -0.05) is 221 Å². The van der Waals surface area contributed by atoms with Crippen LogP contribution in [0.5, 0.6) is 0 Å². The van der Waals surface area contributed by atoms with Crippen LogP contribution in [0.1, 0.15) is 98.3 Å². The van der Waals surface area contributed by atoms with Gasteiger partial charge in [0.25, 0.3) is 0 Å². The van der Waals surface area contributed by atoms with Crippen molar-refractivity contribution in [2.24, 2.45) is 0 Å². The highest BCUT2D eigenvalue weighted by Gasteiger charge is 2.36. The lowest BCUT2D eigenvalue weighted by Crippen LogP contribution is -2.08. The highest BCUT2D eigenvalue weighted by atomic mass is 19.4. The second-order valence-corrected chi connectivity index (χ2v) is 20.1. The molecule has 11 rings (SSSR count). The Hall–Kier alpha value is -7.44. The van der Waals surface area contributed by atoms with Gasteiger partial charge in [-0.3, -0.25) is 0 Å². The largest absolute Gasteiger partial charge is 0.417 e. The minimum Gasteiger partial charge on any atom is -0.166 e. The lowest BCUT2D eigenvalue weighted by molar-refractivity contribution is -0.137. The molecule has 0 atom stereocenters. The molecule has 0 radical (unpaired) electrons. The monoisotopic (exact) mass is 986 g/mol. The zero-order valence-electron chi connectivity index (χ0n) is 41.1. The van der Waals surface area contributed by atoms with Crippen molar-refractivity contribution < 1.29 is 26.3 Å². The molecule has 74 heavy (non-hydrogen) atoms. The second kappa shape index (κ2) is 20.8. The molecule has 0 unspecified atom stereocenters. The van der Waals surface area contributed by atoms with Crippen LogP contribution in [-0.4, -0.2) is 0 Å². The predicted molar refractivity (Wildman–Crippen MR) is 292 cm³/mol. The van der Waals surface area contributed by atoms with Gasteiger partial charge in [-0.2, -0.15) is 26.3 Å². The van der Waals surface area contributed by atoms with Gasteiger partial charge in [0.15, 0.2) is 0 Å². The average Bonchev–Trinajstić information content (AvgIpc) is 3.45. The van der Waals surface area contributed by atoms with Crippen LogP contribution >= 0.6 is 0 Å². The molecule has 0 amide bonds. The van der Waals surface area contributed by atoms with Crippen molar-refractivity contribution in [3.05, 3.63) is 229 Å². The summed E-state index contributed by atoms with van der Waals surface area (Å²) in [4.78, 5) is 0. The topological polar surface area (TPSA) is 0 Å². The van der Waals surface area contributed by atoms with Crippen molar-refractivity contribution >= 4 is 0 Å². The number of benzene rings is 9. The summed E-state index contributed by atoms with van der Waals surface area (Å²) in [5, 5.41) is 0. The first-order valence-electron chi connectivity index (χ1n) is 26.1. The molecular formula is C68H56F6. The van der Waals surface area contributed by atoms with Gasteiger partial charge < -0.3 is 0 Å². The number of rotatable bonds is 10. The summed E-state index contributed by atoms with van der Waals surface area (Å²) in [5.41, 5.74) is 11.9. The molecule has 9 aromatic carbocycles. The molecule has 0 bridgehead atoms. The summed E-state index contributed by atoms with van der Waals surface area (Å²) >= 11 is 0. The number of halogens is 6.